The summed E-state index contributed by atoms with van der Waals surface area (Å²) in [7, 11) is 0. The van der Waals surface area contributed by atoms with Crippen LogP contribution in [0.5, 0.6) is 0 Å². The van der Waals surface area contributed by atoms with Gasteiger partial charge in [-0.15, -0.1) is 0 Å². The highest BCUT2D eigenvalue weighted by molar-refractivity contribution is 5.47. The Hall–Kier alpha value is -2.24. The Balaban J connectivity index is 2.09. The van der Waals surface area contributed by atoms with E-state index in [1.54, 1.807) is 6.20 Å². The zero-order valence-electron chi connectivity index (χ0n) is 12.1. The van der Waals surface area contributed by atoms with Gasteiger partial charge in [-0.25, -0.2) is 13.8 Å². The van der Waals surface area contributed by atoms with Gasteiger partial charge < -0.3 is 10.6 Å². The molecular formula is C15H18F2N4. The van der Waals surface area contributed by atoms with Gasteiger partial charge in [0.2, 0.25) is 0 Å². The fraction of sp³-hybridized carbons (Fsp3) is 0.333. The standard InChI is InChI=1S/C15H18F2N4/c1-3-6-18-14-12(16)7-13(17)15(21-14)20-9-11-5-4-10(2)19-8-11/h4-5,7-8H,3,6,9H2,1-2H3,(H2,18,20,21). The first-order valence-electron chi connectivity index (χ1n) is 6.85. The van der Waals surface area contributed by atoms with Crippen molar-refractivity contribution in [3.8, 4) is 0 Å². The second kappa shape index (κ2) is 6.97. The number of hydrogen-bond donors (Lipinski definition) is 2. The summed E-state index contributed by atoms with van der Waals surface area (Å²) in [6, 6.07) is 4.60. The zero-order chi connectivity index (χ0) is 15.2. The van der Waals surface area contributed by atoms with Crippen LogP contribution >= 0.6 is 0 Å². The minimum Gasteiger partial charge on any atom is -0.368 e. The molecule has 2 N–H and O–H groups in total. The molecule has 0 aliphatic carbocycles. The Morgan fingerprint density at radius 3 is 2.43 bits per heavy atom. The number of aromatic nitrogens is 2. The average Bonchev–Trinajstić information content (AvgIpc) is 2.47. The molecule has 0 atom stereocenters. The first-order valence-corrected chi connectivity index (χ1v) is 6.85. The van der Waals surface area contributed by atoms with E-state index >= 15 is 0 Å². The van der Waals surface area contributed by atoms with Crippen molar-refractivity contribution in [3.63, 3.8) is 0 Å². The summed E-state index contributed by atoms with van der Waals surface area (Å²) in [5, 5.41) is 5.69. The zero-order valence-corrected chi connectivity index (χ0v) is 12.1. The van der Waals surface area contributed by atoms with E-state index in [4.69, 9.17) is 0 Å². The van der Waals surface area contributed by atoms with Gasteiger partial charge in [-0.05, 0) is 25.0 Å². The average molecular weight is 292 g/mol. The molecular weight excluding hydrogens is 274 g/mol. The van der Waals surface area contributed by atoms with Crippen molar-refractivity contribution in [2.45, 2.75) is 26.8 Å². The molecule has 2 aromatic rings. The van der Waals surface area contributed by atoms with Gasteiger partial charge in [-0.1, -0.05) is 13.0 Å². The molecule has 0 spiro atoms. The molecule has 0 aliphatic heterocycles. The van der Waals surface area contributed by atoms with Gasteiger partial charge in [0.15, 0.2) is 23.3 Å². The van der Waals surface area contributed by atoms with Gasteiger partial charge in [0.25, 0.3) is 0 Å². The first kappa shape index (κ1) is 15.2. The van der Waals surface area contributed by atoms with Gasteiger partial charge in [0.05, 0.1) is 0 Å². The van der Waals surface area contributed by atoms with E-state index < -0.39 is 11.6 Å². The molecule has 0 saturated heterocycles. The molecule has 0 aromatic carbocycles. The maximum absolute atomic E-state index is 13.7. The van der Waals surface area contributed by atoms with Crippen LogP contribution in [0.25, 0.3) is 0 Å². The van der Waals surface area contributed by atoms with Crippen LogP contribution in [0.4, 0.5) is 20.4 Å². The fourth-order valence-corrected chi connectivity index (χ4v) is 1.75. The number of anilines is 2. The Labute approximate surface area is 122 Å². The predicted octanol–water partition coefficient (Wildman–Crippen LogP) is 3.50. The summed E-state index contributed by atoms with van der Waals surface area (Å²) < 4.78 is 27.3. The summed E-state index contributed by atoms with van der Waals surface area (Å²) >= 11 is 0. The smallest absolute Gasteiger partial charge is 0.168 e. The first-order chi connectivity index (χ1) is 10.1. The van der Waals surface area contributed by atoms with E-state index in [0.717, 1.165) is 23.7 Å². The molecule has 2 heterocycles. The summed E-state index contributed by atoms with van der Waals surface area (Å²) in [5.41, 5.74) is 1.81. The molecule has 0 amide bonds. The van der Waals surface area contributed by atoms with E-state index in [0.29, 0.717) is 13.1 Å². The van der Waals surface area contributed by atoms with Crippen LogP contribution in [-0.2, 0) is 6.54 Å². The molecule has 21 heavy (non-hydrogen) atoms. The summed E-state index contributed by atoms with van der Waals surface area (Å²) in [4.78, 5) is 8.11. The molecule has 2 rings (SSSR count). The predicted molar refractivity (Wildman–Crippen MR) is 79.2 cm³/mol. The maximum atomic E-state index is 13.7. The van der Waals surface area contributed by atoms with Crippen LogP contribution in [0.3, 0.4) is 0 Å². The third-order valence-electron chi connectivity index (χ3n) is 2.90. The minimum absolute atomic E-state index is 0.0237. The Morgan fingerprint density at radius 1 is 1.10 bits per heavy atom. The second-order valence-corrected chi connectivity index (χ2v) is 4.74. The quantitative estimate of drug-likeness (QED) is 0.855. The van der Waals surface area contributed by atoms with Crippen molar-refractivity contribution in [2.75, 3.05) is 17.2 Å². The van der Waals surface area contributed by atoms with Crippen molar-refractivity contribution in [3.05, 3.63) is 47.3 Å². The maximum Gasteiger partial charge on any atom is 0.168 e. The second-order valence-electron chi connectivity index (χ2n) is 4.74. The van der Waals surface area contributed by atoms with E-state index in [9.17, 15) is 8.78 Å². The lowest BCUT2D eigenvalue weighted by Crippen LogP contribution is -2.09. The number of pyridine rings is 2. The highest BCUT2D eigenvalue weighted by Gasteiger charge is 2.11. The van der Waals surface area contributed by atoms with Crippen LogP contribution in [0.1, 0.15) is 24.6 Å². The number of rotatable bonds is 6. The van der Waals surface area contributed by atoms with Crippen molar-refractivity contribution in [1.82, 2.24) is 9.97 Å². The number of hydrogen-bond acceptors (Lipinski definition) is 4. The molecule has 112 valence electrons. The van der Waals surface area contributed by atoms with Crippen LogP contribution < -0.4 is 10.6 Å². The molecule has 4 nitrogen and oxygen atoms in total. The largest absolute Gasteiger partial charge is 0.368 e. The van der Waals surface area contributed by atoms with E-state index in [-0.39, 0.29) is 11.6 Å². The SMILES string of the molecule is CCCNc1nc(NCc2ccc(C)nc2)c(F)cc1F. The molecule has 0 radical (unpaired) electrons. The van der Waals surface area contributed by atoms with Gasteiger partial charge in [-0.2, -0.15) is 0 Å². The van der Waals surface area contributed by atoms with Crippen LogP contribution in [-0.4, -0.2) is 16.5 Å². The van der Waals surface area contributed by atoms with Crippen molar-refractivity contribution in [1.29, 1.82) is 0 Å². The molecule has 6 heteroatoms. The number of nitrogens with zero attached hydrogens (tertiary/aromatic N) is 2. The summed E-state index contributed by atoms with van der Waals surface area (Å²) in [6.07, 6.45) is 2.54. The summed E-state index contributed by atoms with van der Waals surface area (Å²) in [6.45, 7) is 4.80. The monoisotopic (exact) mass is 292 g/mol. The highest BCUT2D eigenvalue weighted by atomic mass is 19.1. The number of nitrogens with one attached hydrogen (secondary N) is 2. The van der Waals surface area contributed by atoms with Gasteiger partial charge >= 0.3 is 0 Å². The number of halogens is 2. The van der Waals surface area contributed by atoms with Gasteiger partial charge in [-0.3, -0.25) is 4.98 Å². The molecule has 0 aliphatic rings. The normalized spacial score (nSPS) is 10.5. The van der Waals surface area contributed by atoms with Crippen LogP contribution in [0.15, 0.2) is 24.4 Å². The molecule has 0 bridgehead atoms. The topological polar surface area (TPSA) is 49.8 Å². The van der Waals surface area contributed by atoms with E-state index in [1.165, 1.54) is 0 Å². The molecule has 2 aromatic heterocycles. The third-order valence-corrected chi connectivity index (χ3v) is 2.90. The lowest BCUT2D eigenvalue weighted by atomic mass is 10.2. The molecule has 0 unspecified atom stereocenters. The lowest BCUT2D eigenvalue weighted by Gasteiger charge is -2.11. The number of aryl methyl sites for hydroxylation is 1. The van der Waals surface area contributed by atoms with Crippen LogP contribution in [0.2, 0.25) is 0 Å². The molecule has 0 saturated carbocycles. The van der Waals surface area contributed by atoms with Crippen molar-refractivity contribution < 1.29 is 8.78 Å². The Morgan fingerprint density at radius 2 is 1.81 bits per heavy atom. The van der Waals surface area contributed by atoms with Crippen LogP contribution in [0, 0.1) is 18.6 Å². The van der Waals surface area contributed by atoms with E-state index in [2.05, 4.69) is 20.6 Å². The summed E-state index contributed by atoms with van der Waals surface area (Å²) in [5.74, 6) is -1.32. The Kier molecular flexibility index (Phi) is 5.03. The van der Waals surface area contributed by atoms with Crippen molar-refractivity contribution in [2.24, 2.45) is 0 Å². The van der Waals surface area contributed by atoms with Gasteiger partial charge in [0.1, 0.15) is 0 Å². The van der Waals surface area contributed by atoms with Gasteiger partial charge in [0, 0.05) is 31.0 Å². The lowest BCUT2D eigenvalue weighted by molar-refractivity contribution is 0.577. The Bertz CT molecular complexity index is 599. The highest BCUT2D eigenvalue weighted by Crippen LogP contribution is 2.19. The van der Waals surface area contributed by atoms with Crippen molar-refractivity contribution >= 4 is 11.6 Å². The van der Waals surface area contributed by atoms with E-state index in [1.807, 2.05) is 26.0 Å². The molecule has 0 fully saturated rings. The fourth-order valence-electron chi connectivity index (χ4n) is 1.75. The third kappa shape index (κ3) is 4.11. The minimum atomic E-state index is -0.713.